The number of carbonyl (C=O) groups is 1. The second kappa shape index (κ2) is 10.2. The molecule has 37 heavy (non-hydrogen) atoms. The Morgan fingerprint density at radius 2 is 1.43 bits per heavy atom. The minimum Gasteiger partial charge on any atom is -0.455 e. The molecule has 1 aromatic heterocycles. The molecule has 1 aliphatic rings. The second-order valence-corrected chi connectivity index (χ2v) is 9.95. The third-order valence-electron chi connectivity index (χ3n) is 6.26. The minimum absolute atomic E-state index is 0.0353. The number of amides is 1. The van der Waals surface area contributed by atoms with Crippen molar-refractivity contribution in [2.75, 3.05) is 10.7 Å². The molecule has 0 aliphatic heterocycles. The minimum atomic E-state index is -0.293. The first-order valence-corrected chi connectivity index (χ1v) is 12.3. The van der Waals surface area contributed by atoms with Gasteiger partial charge < -0.3 is 9.73 Å². The number of azo groups is 1. The van der Waals surface area contributed by atoms with E-state index < -0.39 is 0 Å². The number of benzene rings is 3. The van der Waals surface area contributed by atoms with Gasteiger partial charge in [-0.15, -0.1) is 0 Å². The van der Waals surface area contributed by atoms with Crippen LogP contribution in [0.1, 0.15) is 47.7 Å². The average Bonchev–Trinajstić information content (AvgIpc) is 3.23. The van der Waals surface area contributed by atoms with Gasteiger partial charge in [-0.3, -0.25) is 10.2 Å². The summed E-state index contributed by atoms with van der Waals surface area (Å²) in [6, 6.07) is 26.6. The number of rotatable bonds is 6. The maximum atomic E-state index is 13.2. The van der Waals surface area contributed by atoms with Crippen LogP contribution in [0.3, 0.4) is 0 Å². The summed E-state index contributed by atoms with van der Waals surface area (Å²) in [7, 11) is 0. The third kappa shape index (κ3) is 5.67. The smallest absolute Gasteiger partial charge is 0.291 e. The normalized spacial score (nSPS) is 15.5. The topological polar surface area (TPSA) is 91.4 Å². The van der Waals surface area contributed by atoms with Gasteiger partial charge in [0.1, 0.15) is 5.76 Å². The zero-order valence-electron chi connectivity index (χ0n) is 21.2. The van der Waals surface area contributed by atoms with Crippen molar-refractivity contribution in [2.24, 2.45) is 20.7 Å². The number of furan rings is 1. The maximum absolute atomic E-state index is 13.2. The van der Waals surface area contributed by atoms with E-state index in [1.807, 2.05) is 79.7 Å². The number of hydrogen-bond donors (Lipinski definition) is 2. The van der Waals surface area contributed by atoms with Crippen molar-refractivity contribution < 1.29 is 9.21 Å². The Morgan fingerprint density at radius 1 is 0.811 bits per heavy atom. The molecular weight excluding hydrogens is 462 g/mol. The van der Waals surface area contributed by atoms with Crippen LogP contribution in [0, 0.1) is 12.3 Å². The highest BCUT2D eigenvalue weighted by atomic mass is 16.4. The first-order valence-electron chi connectivity index (χ1n) is 12.3. The van der Waals surface area contributed by atoms with Crippen LogP contribution in [0.15, 0.2) is 105 Å². The molecule has 0 spiro atoms. The molecule has 1 aliphatic carbocycles. The molecule has 2 N–H and O–H groups in total. The quantitative estimate of drug-likeness (QED) is 0.211. The van der Waals surface area contributed by atoms with Gasteiger partial charge in [0.15, 0.2) is 5.76 Å². The molecular formula is C30H29N5O2. The lowest BCUT2D eigenvalue weighted by molar-refractivity contribution is 0.0993. The van der Waals surface area contributed by atoms with E-state index >= 15 is 0 Å². The summed E-state index contributed by atoms with van der Waals surface area (Å²) >= 11 is 0. The van der Waals surface area contributed by atoms with Crippen molar-refractivity contribution in [3.8, 4) is 0 Å². The summed E-state index contributed by atoms with van der Waals surface area (Å²) in [5.41, 5.74) is 8.76. The Morgan fingerprint density at radius 3 is 2.11 bits per heavy atom. The Bertz CT molecular complexity index is 1450. The van der Waals surface area contributed by atoms with Crippen LogP contribution in [0.25, 0.3) is 0 Å². The Kier molecular flexibility index (Phi) is 6.68. The number of nitrogens with zero attached hydrogens (tertiary/aromatic N) is 3. The van der Waals surface area contributed by atoms with Crippen LogP contribution in [-0.2, 0) is 6.42 Å². The number of hydrogen-bond acceptors (Lipinski definition) is 6. The van der Waals surface area contributed by atoms with Gasteiger partial charge in [-0.1, -0.05) is 50.2 Å². The van der Waals surface area contributed by atoms with E-state index in [2.05, 4.69) is 34.8 Å². The van der Waals surface area contributed by atoms with Gasteiger partial charge in [-0.05, 0) is 67.3 Å². The molecule has 186 valence electrons. The SMILES string of the molecule is Cc1c(C(=O)Nc2ccc(N=Nc3ccccc3)cc2)oc2c1/C(=N\Nc1ccccc1)CC(C)(C)C2. The molecule has 5 rings (SSSR count). The number of anilines is 2. The lowest BCUT2D eigenvalue weighted by Gasteiger charge is -2.29. The maximum Gasteiger partial charge on any atom is 0.291 e. The average molecular weight is 492 g/mol. The fraction of sp³-hybridized carbons (Fsp3) is 0.200. The highest BCUT2D eigenvalue weighted by Crippen LogP contribution is 2.39. The van der Waals surface area contributed by atoms with Crippen LogP contribution in [-0.4, -0.2) is 11.6 Å². The van der Waals surface area contributed by atoms with Gasteiger partial charge in [0.05, 0.1) is 22.8 Å². The van der Waals surface area contributed by atoms with Crippen molar-refractivity contribution in [3.05, 3.63) is 108 Å². The molecule has 4 aromatic rings. The second-order valence-electron chi connectivity index (χ2n) is 9.95. The standard InChI is InChI=1S/C30H29N5O2/c1-20-27-25(35-34-23-12-8-5-9-13-23)18-30(2,3)19-26(27)37-28(20)29(36)31-21-14-16-24(17-15-21)33-32-22-10-6-4-7-11-22/h4-17,34H,18-19H2,1-3H3,(H,31,36)/b33-32?,35-25-. The van der Waals surface area contributed by atoms with Crippen molar-refractivity contribution in [1.29, 1.82) is 0 Å². The fourth-order valence-corrected chi connectivity index (χ4v) is 4.48. The number of carbonyl (C=O) groups excluding carboxylic acids is 1. The van der Waals surface area contributed by atoms with E-state index in [9.17, 15) is 4.79 Å². The number of fused-ring (bicyclic) bond motifs is 1. The van der Waals surface area contributed by atoms with E-state index in [-0.39, 0.29) is 11.3 Å². The molecule has 7 nitrogen and oxygen atoms in total. The third-order valence-corrected chi connectivity index (χ3v) is 6.26. The van der Waals surface area contributed by atoms with Crippen LogP contribution in [0.5, 0.6) is 0 Å². The first-order chi connectivity index (χ1) is 17.9. The van der Waals surface area contributed by atoms with E-state index in [1.165, 1.54) is 0 Å². The lowest BCUT2D eigenvalue weighted by Crippen LogP contribution is -2.27. The predicted octanol–water partition coefficient (Wildman–Crippen LogP) is 8.04. The van der Waals surface area contributed by atoms with Crippen LogP contribution >= 0.6 is 0 Å². The van der Waals surface area contributed by atoms with Gasteiger partial charge in [0.25, 0.3) is 5.91 Å². The van der Waals surface area contributed by atoms with Gasteiger partial charge in [-0.2, -0.15) is 15.3 Å². The molecule has 0 unspecified atom stereocenters. The number of hydrazone groups is 1. The molecule has 1 amide bonds. The highest BCUT2D eigenvalue weighted by Gasteiger charge is 2.36. The molecule has 1 heterocycles. The molecule has 3 aromatic carbocycles. The molecule has 0 fully saturated rings. The zero-order chi connectivity index (χ0) is 25.8. The number of nitrogens with one attached hydrogen (secondary N) is 2. The van der Waals surface area contributed by atoms with Crippen molar-refractivity contribution in [1.82, 2.24) is 0 Å². The predicted molar refractivity (Wildman–Crippen MR) is 147 cm³/mol. The van der Waals surface area contributed by atoms with E-state index in [0.29, 0.717) is 17.1 Å². The van der Waals surface area contributed by atoms with Gasteiger partial charge in [0, 0.05) is 23.2 Å². The Labute approximate surface area is 216 Å². The largest absolute Gasteiger partial charge is 0.455 e. The first kappa shape index (κ1) is 24.2. The van der Waals surface area contributed by atoms with Crippen molar-refractivity contribution >= 4 is 34.4 Å². The van der Waals surface area contributed by atoms with Crippen molar-refractivity contribution in [2.45, 2.75) is 33.6 Å². The van der Waals surface area contributed by atoms with E-state index in [0.717, 1.165) is 46.8 Å². The van der Waals surface area contributed by atoms with Crippen LogP contribution in [0.2, 0.25) is 0 Å². The van der Waals surface area contributed by atoms with Gasteiger partial charge in [-0.25, -0.2) is 0 Å². The van der Waals surface area contributed by atoms with E-state index in [4.69, 9.17) is 9.52 Å². The molecule has 0 saturated carbocycles. The molecule has 0 radical (unpaired) electrons. The van der Waals surface area contributed by atoms with Crippen LogP contribution < -0.4 is 10.7 Å². The monoisotopic (exact) mass is 491 g/mol. The molecule has 7 heteroatoms. The lowest BCUT2D eigenvalue weighted by atomic mass is 9.75. The van der Waals surface area contributed by atoms with Crippen molar-refractivity contribution in [3.63, 3.8) is 0 Å². The molecule has 0 bridgehead atoms. The molecule has 0 atom stereocenters. The summed E-state index contributed by atoms with van der Waals surface area (Å²) in [6.45, 7) is 6.28. The number of para-hydroxylation sites is 1. The van der Waals surface area contributed by atoms with Gasteiger partial charge in [0.2, 0.25) is 0 Å². The Balaban J connectivity index is 1.34. The zero-order valence-corrected chi connectivity index (χ0v) is 21.2. The summed E-state index contributed by atoms with van der Waals surface area (Å²) in [4.78, 5) is 13.2. The summed E-state index contributed by atoms with van der Waals surface area (Å²) in [5.74, 6) is 0.811. The van der Waals surface area contributed by atoms with Gasteiger partial charge >= 0.3 is 0 Å². The van der Waals surface area contributed by atoms with Crippen LogP contribution in [0.4, 0.5) is 22.7 Å². The summed E-state index contributed by atoms with van der Waals surface area (Å²) in [5, 5.41) is 16.1. The van der Waals surface area contributed by atoms with E-state index in [1.54, 1.807) is 12.1 Å². The molecule has 0 saturated heterocycles. The summed E-state index contributed by atoms with van der Waals surface area (Å²) in [6.07, 6.45) is 1.52. The Hall–Kier alpha value is -4.52. The summed E-state index contributed by atoms with van der Waals surface area (Å²) < 4.78 is 6.15. The fourth-order valence-electron chi connectivity index (χ4n) is 4.48. The highest BCUT2D eigenvalue weighted by molar-refractivity contribution is 6.09.